The molecule has 1 amide bonds. The number of rotatable bonds is 6. The van der Waals surface area contributed by atoms with Gasteiger partial charge >= 0.3 is 0 Å². The molecule has 0 spiro atoms. The Balaban J connectivity index is 0.00000289. The molecule has 2 aromatic heterocycles. The van der Waals surface area contributed by atoms with Crippen LogP contribution in [0.1, 0.15) is 41.8 Å². The van der Waals surface area contributed by atoms with E-state index in [1.54, 1.807) is 12.4 Å². The summed E-state index contributed by atoms with van der Waals surface area (Å²) in [5.74, 6) is 1.64. The summed E-state index contributed by atoms with van der Waals surface area (Å²) in [7, 11) is 2.16. The third-order valence-corrected chi connectivity index (χ3v) is 5.98. The number of anilines is 2. The predicted molar refractivity (Wildman–Crippen MR) is 132 cm³/mol. The van der Waals surface area contributed by atoms with Gasteiger partial charge in [0.25, 0.3) is 5.91 Å². The van der Waals surface area contributed by atoms with Crippen molar-refractivity contribution >= 4 is 28.3 Å². The van der Waals surface area contributed by atoms with Crippen molar-refractivity contribution in [1.82, 2.24) is 20.2 Å². The number of amides is 1. The molecule has 4 rings (SSSR count). The number of likely N-dealkylation sites (tertiary alicyclic amines) is 1. The Kier molecular flexibility index (Phi) is 7.64. The van der Waals surface area contributed by atoms with Gasteiger partial charge in [-0.15, -0.1) is 0 Å². The maximum atomic E-state index is 13.0. The number of carbonyl (C=O) groups is 1. The first-order valence-electron chi connectivity index (χ1n) is 10.8. The molecule has 1 saturated heterocycles. The van der Waals surface area contributed by atoms with Gasteiger partial charge in [-0.2, -0.15) is 0 Å². The lowest BCUT2D eigenvalue weighted by atomic mass is 9.97. The lowest BCUT2D eigenvalue weighted by Gasteiger charge is -2.29. The molecule has 1 aliphatic heterocycles. The number of pyridine rings is 2. The smallest absolute Gasteiger partial charge is 0.255 e. The summed E-state index contributed by atoms with van der Waals surface area (Å²) in [6.07, 6.45) is 5.83. The molecule has 1 aliphatic rings. The third kappa shape index (κ3) is 5.53. The molecule has 7 nitrogen and oxygen atoms in total. The first kappa shape index (κ1) is 23.5. The quantitative estimate of drug-likeness (QED) is 0.545. The van der Waals surface area contributed by atoms with Crippen LogP contribution in [0, 0.1) is 12.8 Å². The van der Waals surface area contributed by atoms with Gasteiger partial charge in [0.2, 0.25) is 0 Å². The van der Waals surface area contributed by atoms with Gasteiger partial charge in [0.15, 0.2) is 0 Å². The minimum Gasteiger partial charge on any atom is -0.383 e. The van der Waals surface area contributed by atoms with Crippen molar-refractivity contribution in [1.29, 1.82) is 0 Å². The topological polar surface area (TPSA) is 96.2 Å². The summed E-state index contributed by atoms with van der Waals surface area (Å²) >= 11 is 0. The molecular formula is C25H34N6O. The highest BCUT2D eigenvalue weighted by molar-refractivity contribution is 5.99. The molecule has 0 unspecified atom stereocenters. The number of carbonyl (C=O) groups excluding carboxylic acids is 1. The zero-order valence-electron chi connectivity index (χ0n) is 18.2. The van der Waals surface area contributed by atoms with E-state index in [4.69, 9.17) is 5.73 Å². The van der Waals surface area contributed by atoms with Crippen molar-refractivity contribution < 1.29 is 4.79 Å². The Morgan fingerprint density at radius 3 is 2.75 bits per heavy atom. The molecule has 32 heavy (non-hydrogen) atoms. The van der Waals surface area contributed by atoms with Crippen molar-refractivity contribution in [3.05, 3.63) is 59.4 Å². The van der Waals surface area contributed by atoms with E-state index in [0.717, 1.165) is 41.5 Å². The first-order valence-corrected chi connectivity index (χ1v) is 10.8. The largest absolute Gasteiger partial charge is 0.383 e. The number of hydrogen-bond acceptors (Lipinski definition) is 6. The van der Waals surface area contributed by atoms with Gasteiger partial charge in [-0.25, -0.2) is 9.97 Å². The van der Waals surface area contributed by atoms with Gasteiger partial charge in [0.1, 0.15) is 11.6 Å². The van der Waals surface area contributed by atoms with Gasteiger partial charge in [-0.1, -0.05) is 19.6 Å². The monoisotopic (exact) mass is 434 g/mol. The van der Waals surface area contributed by atoms with Crippen LogP contribution < -0.4 is 16.4 Å². The zero-order valence-corrected chi connectivity index (χ0v) is 18.2. The van der Waals surface area contributed by atoms with Crippen molar-refractivity contribution in [2.45, 2.75) is 33.7 Å². The molecule has 4 N–H and O–H groups in total. The second-order valence-corrected chi connectivity index (χ2v) is 8.47. The number of hydrogen-bond donors (Lipinski definition) is 3. The highest BCUT2D eigenvalue weighted by Crippen LogP contribution is 2.21. The van der Waals surface area contributed by atoms with Crippen LogP contribution >= 0.6 is 0 Å². The third-order valence-electron chi connectivity index (χ3n) is 5.98. The van der Waals surface area contributed by atoms with Gasteiger partial charge in [-0.3, -0.25) is 4.79 Å². The van der Waals surface area contributed by atoms with Gasteiger partial charge in [0.05, 0.1) is 5.56 Å². The molecule has 1 aromatic carbocycles. The van der Waals surface area contributed by atoms with Crippen LogP contribution in [-0.2, 0) is 6.54 Å². The minimum atomic E-state index is -0.128. The second-order valence-electron chi connectivity index (χ2n) is 8.47. The predicted octanol–water partition coefficient (Wildman–Crippen LogP) is 3.84. The van der Waals surface area contributed by atoms with E-state index in [0.29, 0.717) is 29.7 Å². The standard InChI is InChI=1S/C24H30N6O.CH4/c1-16-11-21(23(27-13-16)28-14-17-6-9-30(2)10-7-17)24(31)29-15-18-3-4-20-19(12-18)5-8-26-22(20)25;/h3-5,8,11-13,17H,6-7,9-10,14-15H2,1-2H3,(H2,25,26)(H,27,28)(H,29,31);1H4. The number of nitrogen functional groups attached to an aromatic ring is 1. The lowest BCUT2D eigenvalue weighted by Crippen LogP contribution is -2.33. The first-order chi connectivity index (χ1) is 15.0. The molecule has 0 radical (unpaired) electrons. The van der Waals surface area contributed by atoms with Crippen LogP contribution in [0.5, 0.6) is 0 Å². The summed E-state index contributed by atoms with van der Waals surface area (Å²) < 4.78 is 0. The fourth-order valence-electron chi connectivity index (χ4n) is 4.03. The Morgan fingerprint density at radius 2 is 1.97 bits per heavy atom. The van der Waals surface area contributed by atoms with Gasteiger partial charge in [-0.05, 0) is 80.5 Å². The van der Waals surface area contributed by atoms with Crippen molar-refractivity contribution in [2.24, 2.45) is 5.92 Å². The van der Waals surface area contributed by atoms with Crippen molar-refractivity contribution in [3.8, 4) is 0 Å². The maximum Gasteiger partial charge on any atom is 0.255 e. The molecule has 1 fully saturated rings. The molecular weight excluding hydrogens is 400 g/mol. The van der Waals surface area contributed by atoms with E-state index in [-0.39, 0.29) is 13.3 Å². The summed E-state index contributed by atoms with van der Waals surface area (Å²) in [6.45, 7) is 5.46. The van der Waals surface area contributed by atoms with E-state index < -0.39 is 0 Å². The molecule has 0 saturated carbocycles. The van der Waals surface area contributed by atoms with Crippen LogP contribution in [0.2, 0.25) is 0 Å². The average molecular weight is 435 g/mol. The Labute approximate surface area is 190 Å². The molecule has 0 bridgehead atoms. The molecule has 7 heteroatoms. The van der Waals surface area contributed by atoms with Gasteiger partial charge < -0.3 is 21.3 Å². The normalized spacial score (nSPS) is 14.7. The number of piperidine rings is 1. The Bertz CT molecular complexity index is 1080. The number of aryl methyl sites for hydroxylation is 1. The fourth-order valence-corrected chi connectivity index (χ4v) is 4.03. The fraction of sp³-hybridized carbons (Fsp3) is 0.400. The zero-order chi connectivity index (χ0) is 21.8. The number of nitrogens with two attached hydrogens (primary N) is 1. The molecule has 3 aromatic rings. The van der Waals surface area contributed by atoms with E-state index in [2.05, 4.69) is 32.5 Å². The van der Waals surface area contributed by atoms with E-state index >= 15 is 0 Å². The van der Waals surface area contributed by atoms with Crippen molar-refractivity contribution in [2.75, 3.05) is 37.7 Å². The number of aromatic nitrogens is 2. The van der Waals surface area contributed by atoms with E-state index in [1.807, 2.05) is 37.3 Å². The molecule has 3 heterocycles. The lowest BCUT2D eigenvalue weighted by molar-refractivity contribution is 0.0951. The summed E-state index contributed by atoms with van der Waals surface area (Å²) in [4.78, 5) is 23.9. The number of benzene rings is 1. The minimum absolute atomic E-state index is 0. The van der Waals surface area contributed by atoms with E-state index in [9.17, 15) is 4.79 Å². The highest BCUT2D eigenvalue weighted by atomic mass is 16.1. The van der Waals surface area contributed by atoms with Crippen LogP contribution in [0.15, 0.2) is 42.7 Å². The highest BCUT2D eigenvalue weighted by Gasteiger charge is 2.18. The Morgan fingerprint density at radius 1 is 1.19 bits per heavy atom. The summed E-state index contributed by atoms with van der Waals surface area (Å²) in [5, 5.41) is 8.39. The second kappa shape index (κ2) is 10.4. The molecule has 0 atom stereocenters. The number of nitrogens with zero attached hydrogens (tertiary/aromatic N) is 3. The van der Waals surface area contributed by atoms with Crippen LogP contribution in [0.4, 0.5) is 11.6 Å². The van der Waals surface area contributed by atoms with Crippen molar-refractivity contribution in [3.63, 3.8) is 0 Å². The summed E-state index contributed by atoms with van der Waals surface area (Å²) in [6, 6.07) is 9.76. The SMILES string of the molecule is C.Cc1cnc(NCC2CCN(C)CC2)c(C(=O)NCc2ccc3c(N)nccc3c2)c1. The molecule has 0 aliphatic carbocycles. The summed E-state index contributed by atoms with van der Waals surface area (Å²) in [5.41, 5.74) is 8.48. The van der Waals surface area contributed by atoms with Crippen LogP contribution in [0.3, 0.4) is 0 Å². The average Bonchev–Trinajstić information content (AvgIpc) is 2.78. The maximum absolute atomic E-state index is 13.0. The van der Waals surface area contributed by atoms with E-state index in [1.165, 1.54) is 12.8 Å². The Hall–Kier alpha value is -3.19. The molecule has 170 valence electrons. The number of fused-ring (bicyclic) bond motifs is 1. The van der Waals surface area contributed by atoms with Crippen LogP contribution in [0.25, 0.3) is 10.8 Å². The van der Waals surface area contributed by atoms with Crippen LogP contribution in [-0.4, -0.2) is 47.5 Å². The number of nitrogens with one attached hydrogen (secondary N) is 2. The van der Waals surface area contributed by atoms with Gasteiger partial charge in [0, 0.05) is 30.9 Å².